The normalized spacial score (nSPS) is 13.0. The van der Waals surface area contributed by atoms with Gasteiger partial charge in [-0.15, -0.1) is 0 Å². The predicted octanol–water partition coefficient (Wildman–Crippen LogP) is 4.47. The Hall–Kier alpha value is -2.65. The van der Waals surface area contributed by atoms with Crippen LogP contribution in [0.15, 0.2) is 57.8 Å². The first kappa shape index (κ1) is 20.1. The lowest BCUT2D eigenvalue weighted by Gasteiger charge is -2.15. The highest BCUT2D eigenvalue weighted by Gasteiger charge is 2.25. The van der Waals surface area contributed by atoms with E-state index in [2.05, 4.69) is 9.46 Å². The summed E-state index contributed by atoms with van der Waals surface area (Å²) in [6, 6.07) is 11.5. The molecule has 1 N–H and O–H groups in total. The van der Waals surface area contributed by atoms with Crippen molar-refractivity contribution < 1.29 is 31.1 Å². The first-order chi connectivity index (χ1) is 13.3. The number of benzene rings is 2. The molecule has 3 rings (SSSR count). The van der Waals surface area contributed by atoms with Crippen molar-refractivity contribution >= 4 is 21.0 Å². The lowest BCUT2D eigenvalue weighted by molar-refractivity contribution is -0.0517. The highest BCUT2D eigenvalue weighted by Crippen LogP contribution is 2.32. The molecule has 150 valence electrons. The second-order valence-electron chi connectivity index (χ2n) is 5.92. The summed E-state index contributed by atoms with van der Waals surface area (Å²) in [5.74, 6) is 0.482. The fourth-order valence-corrected chi connectivity index (χ4v) is 4.11. The molecule has 1 atom stereocenters. The molecule has 0 amide bonds. The average molecular weight is 411 g/mol. The van der Waals surface area contributed by atoms with Crippen molar-refractivity contribution in [2.24, 2.45) is 0 Å². The highest BCUT2D eigenvalue weighted by atomic mass is 32.2. The van der Waals surface area contributed by atoms with Crippen molar-refractivity contribution in [3.8, 4) is 11.5 Å². The Labute approximate surface area is 161 Å². The maximum atomic E-state index is 12.7. The molecule has 28 heavy (non-hydrogen) atoms. The molecule has 0 aliphatic heterocycles. The molecule has 1 unspecified atom stereocenters. The molecular weight excluding hydrogens is 392 g/mol. The Balaban J connectivity index is 1.89. The maximum Gasteiger partial charge on any atom is 0.387 e. The summed E-state index contributed by atoms with van der Waals surface area (Å²) in [5, 5.41) is 0.758. The summed E-state index contributed by atoms with van der Waals surface area (Å²) in [5.41, 5.74) is 0.506. The van der Waals surface area contributed by atoms with Crippen molar-refractivity contribution in [1.82, 2.24) is 4.72 Å². The number of fused-ring (bicyclic) bond motifs is 1. The Morgan fingerprint density at radius 3 is 2.54 bits per heavy atom. The van der Waals surface area contributed by atoms with Crippen LogP contribution >= 0.6 is 0 Å². The smallest absolute Gasteiger partial charge is 0.387 e. The van der Waals surface area contributed by atoms with Gasteiger partial charge in [-0.3, -0.25) is 0 Å². The number of alkyl halides is 2. The van der Waals surface area contributed by atoms with E-state index in [4.69, 9.17) is 9.15 Å². The predicted molar refractivity (Wildman–Crippen MR) is 99.2 cm³/mol. The Morgan fingerprint density at radius 1 is 1.11 bits per heavy atom. The summed E-state index contributed by atoms with van der Waals surface area (Å²) < 4.78 is 68.6. The Morgan fingerprint density at radius 2 is 1.82 bits per heavy atom. The molecule has 6 nitrogen and oxygen atoms in total. The van der Waals surface area contributed by atoms with Crippen LogP contribution in [0.3, 0.4) is 0 Å². The zero-order chi connectivity index (χ0) is 20.3. The molecule has 0 aliphatic carbocycles. The lowest BCUT2D eigenvalue weighted by atomic mass is 10.2. The molecule has 0 aliphatic rings. The van der Waals surface area contributed by atoms with Gasteiger partial charge >= 0.3 is 6.61 Å². The lowest BCUT2D eigenvalue weighted by Crippen LogP contribution is -2.27. The van der Waals surface area contributed by atoms with Gasteiger partial charge in [-0.1, -0.05) is 24.3 Å². The summed E-state index contributed by atoms with van der Waals surface area (Å²) in [6.07, 6.45) is 0. The van der Waals surface area contributed by atoms with Gasteiger partial charge in [-0.05, 0) is 38.1 Å². The standard InChI is InChI=1S/C19H19F2NO5S/c1-3-25-15-9-6-7-13-11-16(26-18(13)15)12(2)22-28(23,24)17-10-5-4-8-14(17)27-19(20)21/h4-12,19,22H,3H2,1-2H3. The van der Waals surface area contributed by atoms with Gasteiger partial charge in [0, 0.05) is 5.39 Å². The molecule has 0 saturated heterocycles. The van der Waals surface area contributed by atoms with Gasteiger partial charge in [0.25, 0.3) is 0 Å². The Bertz CT molecular complexity index is 1070. The minimum atomic E-state index is -4.14. The highest BCUT2D eigenvalue weighted by molar-refractivity contribution is 7.89. The van der Waals surface area contributed by atoms with E-state index >= 15 is 0 Å². The third kappa shape index (κ3) is 4.26. The summed E-state index contributed by atoms with van der Waals surface area (Å²) >= 11 is 0. The van der Waals surface area contributed by atoms with Gasteiger partial charge in [-0.25, -0.2) is 13.1 Å². The van der Waals surface area contributed by atoms with E-state index in [9.17, 15) is 17.2 Å². The molecule has 0 saturated carbocycles. The molecular formula is C19H19F2NO5S. The van der Waals surface area contributed by atoms with Gasteiger partial charge in [0.2, 0.25) is 10.0 Å². The topological polar surface area (TPSA) is 77.8 Å². The van der Waals surface area contributed by atoms with E-state index in [1.54, 1.807) is 25.1 Å². The monoisotopic (exact) mass is 411 g/mol. The number of hydrogen-bond acceptors (Lipinski definition) is 5. The molecule has 0 radical (unpaired) electrons. The molecule has 0 spiro atoms. The fraction of sp³-hybridized carbons (Fsp3) is 0.263. The molecule has 1 heterocycles. The quantitative estimate of drug-likeness (QED) is 0.592. The van der Waals surface area contributed by atoms with Crippen molar-refractivity contribution in [1.29, 1.82) is 0 Å². The van der Waals surface area contributed by atoms with Crippen molar-refractivity contribution in [3.63, 3.8) is 0 Å². The van der Waals surface area contributed by atoms with Crippen LogP contribution in [0.25, 0.3) is 11.0 Å². The van der Waals surface area contributed by atoms with Gasteiger partial charge in [0.1, 0.15) is 16.4 Å². The van der Waals surface area contributed by atoms with Crippen LogP contribution in [0.1, 0.15) is 25.6 Å². The number of rotatable bonds is 8. The number of furan rings is 1. The van der Waals surface area contributed by atoms with Crippen LogP contribution < -0.4 is 14.2 Å². The number of sulfonamides is 1. The van der Waals surface area contributed by atoms with Crippen LogP contribution in [-0.2, 0) is 10.0 Å². The molecule has 1 aromatic heterocycles. The first-order valence-corrected chi connectivity index (χ1v) is 10.0. The molecule has 9 heteroatoms. The van der Waals surface area contributed by atoms with E-state index in [-0.39, 0.29) is 4.90 Å². The van der Waals surface area contributed by atoms with Crippen LogP contribution in [0.5, 0.6) is 11.5 Å². The zero-order valence-corrected chi connectivity index (χ0v) is 16.0. The maximum absolute atomic E-state index is 12.7. The second kappa shape index (κ2) is 8.15. The van der Waals surface area contributed by atoms with Crippen LogP contribution in [0, 0.1) is 0 Å². The summed E-state index contributed by atoms with van der Waals surface area (Å²) in [4.78, 5) is -0.381. The second-order valence-corrected chi connectivity index (χ2v) is 7.61. The van der Waals surface area contributed by atoms with Gasteiger partial charge in [0.05, 0.1) is 12.6 Å². The molecule has 0 bridgehead atoms. The van der Waals surface area contributed by atoms with E-state index in [1.807, 2.05) is 13.0 Å². The number of halogens is 2. The average Bonchev–Trinajstić information content (AvgIpc) is 3.07. The van der Waals surface area contributed by atoms with Crippen molar-refractivity contribution in [2.45, 2.75) is 31.4 Å². The van der Waals surface area contributed by atoms with Crippen molar-refractivity contribution in [3.05, 3.63) is 54.3 Å². The number of nitrogens with one attached hydrogen (secondary N) is 1. The number of ether oxygens (including phenoxy) is 2. The number of hydrogen-bond donors (Lipinski definition) is 1. The molecule has 2 aromatic carbocycles. The third-order valence-electron chi connectivity index (χ3n) is 3.94. The Kier molecular flexibility index (Phi) is 5.85. The van der Waals surface area contributed by atoms with E-state index in [1.165, 1.54) is 24.3 Å². The van der Waals surface area contributed by atoms with Gasteiger partial charge in [-0.2, -0.15) is 8.78 Å². The number of para-hydroxylation sites is 2. The van der Waals surface area contributed by atoms with Crippen molar-refractivity contribution in [2.75, 3.05) is 6.61 Å². The summed E-state index contributed by atoms with van der Waals surface area (Å²) in [6.45, 7) is 0.754. The third-order valence-corrected chi connectivity index (χ3v) is 5.52. The van der Waals surface area contributed by atoms with Crippen LogP contribution in [0.4, 0.5) is 8.78 Å². The molecule has 0 fully saturated rings. The first-order valence-electron chi connectivity index (χ1n) is 8.53. The van der Waals surface area contributed by atoms with Gasteiger partial charge < -0.3 is 13.9 Å². The largest absolute Gasteiger partial charge is 0.490 e. The summed E-state index contributed by atoms with van der Waals surface area (Å²) in [7, 11) is -4.14. The van der Waals surface area contributed by atoms with Crippen LogP contribution in [-0.4, -0.2) is 21.6 Å². The molecule has 3 aromatic rings. The van der Waals surface area contributed by atoms with E-state index in [0.29, 0.717) is 23.7 Å². The minimum Gasteiger partial charge on any atom is -0.490 e. The van der Waals surface area contributed by atoms with E-state index < -0.39 is 28.4 Å². The zero-order valence-electron chi connectivity index (χ0n) is 15.2. The van der Waals surface area contributed by atoms with Gasteiger partial charge in [0.15, 0.2) is 11.3 Å². The van der Waals surface area contributed by atoms with E-state index in [0.717, 1.165) is 5.39 Å². The van der Waals surface area contributed by atoms with Crippen LogP contribution in [0.2, 0.25) is 0 Å². The minimum absolute atomic E-state index is 0.359. The fourth-order valence-electron chi connectivity index (χ4n) is 2.76. The SMILES string of the molecule is CCOc1cccc2cc(C(C)NS(=O)(=O)c3ccccc3OC(F)F)oc12.